The van der Waals surface area contributed by atoms with Gasteiger partial charge in [0.1, 0.15) is 18.0 Å². The molecule has 3 aliphatic heterocycles. The van der Waals surface area contributed by atoms with Crippen molar-refractivity contribution < 1.29 is 19.3 Å². The van der Waals surface area contributed by atoms with Crippen LogP contribution in [0.25, 0.3) is 22.3 Å². The van der Waals surface area contributed by atoms with E-state index in [1.165, 1.54) is 0 Å². The van der Waals surface area contributed by atoms with Gasteiger partial charge in [-0.15, -0.1) is 0 Å². The second kappa shape index (κ2) is 7.32. The van der Waals surface area contributed by atoms with Gasteiger partial charge in [-0.25, -0.2) is 4.98 Å². The number of pyridine rings is 2. The summed E-state index contributed by atoms with van der Waals surface area (Å²) >= 11 is 0. The first-order valence-electron chi connectivity index (χ1n) is 11.6. The van der Waals surface area contributed by atoms with E-state index in [2.05, 4.69) is 25.7 Å². The van der Waals surface area contributed by atoms with Crippen LogP contribution >= 0.6 is 0 Å². The lowest BCUT2D eigenvalue weighted by atomic mass is 9.84. The Morgan fingerprint density at radius 3 is 2.71 bits per heavy atom. The minimum absolute atomic E-state index is 0.102. The summed E-state index contributed by atoms with van der Waals surface area (Å²) in [6.45, 7) is 11.3. The van der Waals surface area contributed by atoms with E-state index < -0.39 is 5.60 Å². The zero-order chi connectivity index (χ0) is 23.8. The minimum atomic E-state index is -1.41. The summed E-state index contributed by atoms with van der Waals surface area (Å²) in [5.41, 5.74) is 3.78. The van der Waals surface area contributed by atoms with Crippen LogP contribution < -0.4 is 20.3 Å². The Morgan fingerprint density at radius 1 is 1.21 bits per heavy atom. The fourth-order valence-electron chi connectivity index (χ4n) is 5.17. The number of rotatable bonds is 4. The van der Waals surface area contributed by atoms with Crippen molar-refractivity contribution in [1.82, 2.24) is 14.9 Å². The molecule has 34 heavy (non-hydrogen) atoms. The van der Waals surface area contributed by atoms with E-state index in [-0.39, 0.29) is 30.8 Å². The van der Waals surface area contributed by atoms with Gasteiger partial charge in [-0.2, -0.15) is 0 Å². The average molecular weight is 462 g/mol. The predicted octanol–water partition coefficient (Wildman–Crippen LogP) is 3.29. The number of aliphatic hydroxyl groups is 1. The van der Waals surface area contributed by atoms with Gasteiger partial charge >= 0.3 is 0 Å². The number of nitrogens with zero attached hydrogens (tertiary/aromatic N) is 2. The van der Waals surface area contributed by atoms with Crippen molar-refractivity contribution in [1.29, 1.82) is 0 Å². The van der Waals surface area contributed by atoms with E-state index in [9.17, 15) is 9.90 Å². The molecule has 1 atom stereocenters. The molecule has 3 aliphatic rings. The fourth-order valence-corrected chi connectivity index (χ4v) is 5.17. The van der Waals surface area contributed by atoms with Gasteiger partial charge in [-0.05, 0) is 24.1 Å². The highest BCUT2D eigenvalue weighted by Gasteiger charge is 2.41. The van der Waals surface area contributed by atoms with Crippen molar-refractivity contribution >= 4 is 10.9 Å². The Labute approximate surface area is 196 Å². The number of ether oxygens (including phenoxy) is 3. The van der Waals surface area contributed by atoms with Crippen LogP contribution in [0.15, 0.2) is 35.3 Å². The van der Waals surface area contributed by atoms with E-state index in [1.807, 2.05) is 25.1 Å². The Kier molecular flexibility index (Phi) is 4.56. The second-order valence-corrected chi connectivity index (χ2v) is 9.41. The molecule has 0 saturated heterocycles. The summed E-state index contributed by atoms with van der Waals surface area (Å²) in [5.74, 6) is 1.63. The van der Waals surface area contributed by atoms with Gasteiger partial charge in [0, 0.05) is 35.2 Å². The smallest absolute Gasteiger partial charge is 0.258 e. The molecule has 6 rings (SSSR count). The molecule has 8 nitrogen and oxygen atoms in total. The number of nitrogens with one attached hydrogen (secondary N) is 1. The predicted molar refractivity (Wildman–Crippen MR) is 127 cm³/mol. The Hall–Kier alpha value is -3.36. The normalized spacial score (nSPS) is 19.9. The molecular weight excluding hydrogens is 434 g/mol. The van der Waals surface area contributed by atoms with Crippen LogP contribution in [-0.4, -0.2) is 27.5 Å². The van der Waals surface area contributed by atoms with Crippen molar-refractivity contribution in [3.8, 4) is 22.9 Å². The summed E-state index contributed by atoms with van der Waals surface area (Å²) in [7, 11) is 0. The maximum absolute atomic E-state index is 13.6. The Balaban J connectivity index is 1.62. The molecular formula is C26H27N3O5. The lowest BCUT2D eigenvalue weighted by Gasteiger charge is -2.35. The molecule has 0 amide bonds. The average Bonchev–Trinajstić information content (AvgIpc) is 3.42. The zero-order valence-corrected chi connectivity index (χ0v) is 19.5. The van der Waals surface area contributed by atoms with Crippen LogP contribution in [0, 0.1) is 0 Å². The standard InChI is InChI=1S/C26H27N3O5/c1-5-26(31)14(4)32-11-18-19(26)7-21-24-17(10-29(21)25(18)30)16(9-27-13(2)3)15-6-22-23(34-12-33-22)8-20(15)28-24/h6-8,13,27,31H,4-5,9-12H2,1-3H3/t26-/m1/s1. The molecule has 0 bridgehead atoms. The van der Waals surface area contributed by atoms with Crippen molar-refractivity contribution in [2.24, 2.45) is 0 Å². The molecule has 2 aromatic heterocycles. The van der Waals surface area contributed by atoms with Crippen LogP contribution in [-0.2, 0) is 30.0 Å². The highest BCUT2D eigenvalue weighted by molar-refractivity contribution is 5.90. The summed E-state index contributed by atoms with van der Waals surface area (Å²) in [6.07, 6.45) is 0.354. The maximum Gasteiger partial charge on any atom is 0.258 e. The highest BCUT2D eigenvalue weighted by atomic mass is 16.7. The van der Waals surface area contributed by atoms with Crippen molar-refractivity contribution in [2.45, 2.75) is 58.5 Å². The number of aromatic nitrogens is 2. The minimum Gasteiger partial charge on any atom is -0.490 e. The van der Waals surface area contributed by atoms with Crippen molar-refractivity contribution in [3.63, 3.8) is 0 Å². The van der Waals surface area contributed by atoms with Gasteiger partial charge in [0.05, 0.1) is 29.0 Å². The first-order valence-corrected chi connectivity index (χ1v) is 11.6. The maximum atomic E-state index is 13.6. The molecule has 8 heteroatoms. The molecule has 0 saturated carbocycles. The summed E-state index contributed by atoms with van der Waals surface area (Å²) in [6, 6.07) is 6.06. The summed E-state index contributed by atoms with van der Waals surface area (Å²) < 4.78 is 18.6. The number of hydrogen-bond donors (Lipinski definition) is 2. The van der Waals surface area contributed by atoms with Crippen molar-refractivity contribution in [3.05, 3.63) is 63.1 Å². The first-order chi connectivity index (χ1) is 16.3. The van der Waals surface area contributed by atoms with Crippen LogP contribution in [0.2, 0.25) is 0 Å². The summed E-state index contributed by atoms with van der Waals surface area (Å²) in [4.78, 5) is 18.6. The third-order valence-corrected chi connectivity index (χ3v) is 7.15. The van der Waals surface area contributed by atoms with E-state index in [1.54, 1.807) is 4.57 Å². The molecule has 5 heterocycles. The fraction of sp³-hybridized carbons (Fsp3) is 0.385. The van der Waals surface area contributed by atoms with Gasteiger partial charge in [0.15, 0.2) is 11.5 Å². The van der Waals surface area contributed by atoms with Gasteiger partial charge < -0.3 is 29.2 Å². The molecule has 0 aliphatic carbocycles. The van der Waals surface area contributed by atoms with E-state index >= 15 is 0 Å². The van der Waals surface area contributed by atoms with E-state index in [4.69, 9.17) is 19.2 Å². The molecule has 0 unspecified atom stereocenters. The largest absolute Gasteiger partial charge is 0.490 e. The molecule has 0 radical (unpaired) electrons. The molecule has 176 valence electrons. The Morgan fingerprint density at radius 2 is 1.97 bits per heavy atom. The second-order valence-electron chi connectivity index (χ2n) is 9.41. The van der Waals surface area contributed by atoms with Gasteiger partial charge in [0.2, 0.25) is 6.79 Å². The number of hydrogen-bond acceptors (Lipinski definition) is 7. The SMILES string of the molecule is C=C1OCc2c(cc3n(c2=O)Cc2c-3nc3cc4c(cc3c2CNC(C)C)OCO4)[C@@]1(O)CC. The third kappa shape index (κ3) is 2.85. The molecule has 3 aromatic rings. The van der Waals surface area contributed by atoms with Gasteiger partial charge in [0.25, 0.3) is 5.56 Å². The molecule has 0 spiro atoms. The zero-order valence-electron chi connectivity index (χ0n) is 19.5. The molecule has 2 N–H and O–H groups in total. The van der Waals surface area contributed by atoms with Crippen LogP contribution in [0.3, 0.4) is 0 Å². The number of benzene rings is 1. The van der Waals surface area contributed by atoms with Crippen LogP contribution in [0.5, 0.6) is 11.5 Å². The van der Waals surface area contributed by atoms with Crippen molar-refractivity contribution in [2.75, 3.05) is 6.79 Å². The quantitative estimate of drug-likeness (QED) is 0.482. The lowest BCUT2D eigenvalue weighted by molar-refractivity contribution is -0.0172. The monoisotopic (exact) mass is 461 g/mol. The topological polar surface area (TPSA) is 94.8 Å². The van der Waals surface area contributed by atoms with Gasteiger partial charge in [-0.3, -0.25) is 4.79 Å². The first kappa shape index (κ1) is 21.2. The van der Waals surface area contributed by atoms with E-state index in [0.29, 0.717) is 47.8 Å². The van der Waals surface area contributed by atoms with Crippen LogP contribution in [0.4, 0.5) is 0 Å². The third-order valence-electron chi connectivity index (χ3n) is 7.15. The van der Waals surface area contributed by atoms with Gasteiger partial charge in [-0.1, -0.05) is 27.4 Å². The number of fused-ring (bicyclic) bond motifs is 6. The molecule has 0 fully saturated rings. The molecule has 1 aromatic carbocycles. The highest BCUT2D eigenvalue weighted by Crippen LogP contribution is 2.44. The van der Waals surface area contributed by atoms with E-state index in [0.717, 1.165) is 27.7 Å². The van der Waals surface area contributed by atoms with Crippen LogP contribution in [0.1, 0.15) is 49.4 Å². The Bertz CT molecular complexity index is 1440. The summed E-state index contributed by atoms with van der Waals surface area (Å²) in [5, 5.41) is 15.8. The lowest BCUT2D eigenvalue weighted by Crippen LogP contribution is -2.38.